The van der Waals surface area contributed by atoms with Gasteiger partial charge < -0.3 is 10.6 Å². The van der Waals surface area contributed by atoms with Crippen molar-refractivity contribution in [3.8, 4) is 0 Å². The van der Waals surface area contributed by atoms with Crippen LogP contribution in [0.4, 0.5) is 0 Å². The van der Waals surface area contributed by atoms with E-state index in [1.165, 1.54) is 51.5 Å². The zero-order valence-corrected chi connectivity index (χ0v) is 14.3. The van der Waals surface area contributed by atoms with E-state index in [9.17, 15) is 0 Å². The highest BCUT2D eigenvalue weighted by Gasteiger charge is 2.51. The molecule has 1 atom stereocenters. The molecule has 0 radical (unpaired) electrons. The van der Waals surface area contributed by atoms with Gasteiger partial charge >= 0.3 is 0 Å². The quantitative estimate of drug-likeness (QED) is 0.841. The fraction of sp³-hybridized carbons (Fsp3) is 1.00. The minimum Gasteiger partial charge on any atom is -0.329 e. The molecule has 0 bridgehead atoms. The smallest absolute Gasteiger partial charge is 0.0380 e. The van der Waals surface area contributed by atoms with E-state index < -0.39 is 0 Å². The van der Waals surface area contributed by atoms with E-state index >= 15 is 0 Å². The molecule has 0 aromatic heterocycles. The van der Waals surface area contributed by atoms with E-state index in [4.69, 9.17) is 5.73 Å². The van der Waals surface area contributed by atoms with Gasteiger partial charge in [0.1, 0.15) is 0 Å². The van der Waals surface area contributed by atoms with Crippen LogP contribution in [0.2, 0.25) is 0 Å². The Balaban J connectivity index is 2.18. The van der Waals surface area contributed by atoms with Crippen LogP contribution in [0.25, 0.3) is 0 Å². The molecule has 0 aromatic carbocycles. The van der Waals surface area contributed by atoms with Crippen molar-refractivity contribution in [1.29, 1.82) is 0 Å². The normalized spacial score (nSPS) is 32.4. The molecule has 0 heterocycles. The van der Waals surface area contributed by atoms with Gasteiger partial charge in [-0.05, 0) is 58.7 Å². The van der Waals surface area contributed by atoms with Crippen molar-refractivity contribution in [3.63, 3.8) is 0 Å². The molecule has 0 aliphatic heterocycles. The lowest BCUT2D eigenvalue weighted by atomic mass is 9.61. The Hall–Kier alpha value is -0.120. The maximum absolute atomic E-state index is 6.31. The number of hydrogen-bond donors (Lipinski definition) is 1. The van der Waals surface area contributed by atoms with Gasteiger partial charge in [-0.2, -0.15) is 0 Å². The lowest BCUT2D eigenvalue weighted by molar-refractivity contribution is -0.0705. The van der Waals surface area contributed by atoms with E-state index in [-0.39, 0.29) is 5.54 Å². The van der Waals surface area contributed by atoms with Crippen LogP contribution in [0.1, 0.15) is 58.8 Å². The van der Waals surface area contributed by atoms with Crippen LogP contribution < -0.4 is 5.73 Å². The lowest BCUT2D eigenvalue weighted by Crippen LogP contribution is -2.67. The summed E-state index contributed by atoms with van der Waals surface area (Å²) in [6.07, 6.45) is 9.32. The second-order valence-electron chi connectivity index (χ2n) is 8.16. The Kier molecular flexibility index (Phi) is 4.54. The van der Waals surface area contributed by atoms with Gasteiger partial charge in [0.2, 0.25) is 0 Å². The average Bonchev–Trinajstić information content (AvgIpc) is 2.32. The summed E-state index contributed by atoms with van der Waals surface area (Å²) in [5.74, 6) is 0. The van der Waals surface area contributed by atoms with Crippen molar-refractivity contribution < 1.29 is 0 Å². The molecule has 1 unspecified atom stereocenters. The van der Waals surface area contributed by atoms with Crippen LogP contribution in [0, 0.1) is 5.41 Å². The number of rotatable bonds is 5. The summed E-state index contributed by atoms with van der Waals surface area (Å²) in [7, 11) is 6.81. The first-order valence-corrected chi connectivity index (χ1v) is 8.38. The number of nitrogens with zero attached hydrogens (tertiary/aromatic N) is 2. The summed E-state index contributed by atoms with van der Waals surface area (Å²) in [4.78, 5) is 5.08. The van der Waals surface area contributed by atoms with Crippen molar-refractivity contribution in [1.82, 2.24) is 9.80 Å². The van der Waals surface area contributed by atoms with Gasteiger partial charge in [-0.3, -0.25) is 4.90 Å². The molecule has 2 fully saturated rings. The Labute approximate surface area is 125 Å². The molecule has 0 saturated heterocycles. The van der Waals surface area contributed by atoms with Gasteiger partial charge in [-0.1, -0.05) is 26.7 Å². The van der Waals surface area contributed by atoms with Crippen molar-refractivity contribution >= 4 is 0 Å². The summed E-state index contributed by atoms with van der Waals surface area (Å²) in [5.41, 5.74) is 7.22. The van der Waals surface area contributed by atoms with Crippen molar-refractivity contribution in [3.05, 3.63) is 0 Å². The van der Waals surface area contributed by atoms with Gasteiger partial charge in [-0.25, -0.2) is 0 Å². The summed E-state index contributed by atoms with van der Waals surface area (Å²) in [6, 6.07) is 0. The Morgan fingerprint density at radius 2 is 1.50 bits per heavy atom. The summed E-state index contributed by atoms with van der Waals surface area (Å²) < 4.78 is 0. The Morgan fingerprint density at radius 3 is 1.90 bits per heavy atom. The van der Waals surface area contributed by atoms with Gasteiger partial charge in [0.05, 0.1) is 0 Å². The topological polar surface area (TPSA) is 32.5 Å². The zero-order chi connectivity index (χ0) is 15.0. The average molecular weight is 281 g/mol. The molecule has 0 amide bonds. The standard InChI is InChI=1S/C17H35N3/c1-15(2)9-6-7-12-17(15,13-18)20(5)14-16(19(3)4)10-8-11-16/h6-14,18H2,1-5H3. The first-order valence-electron chi connectivity index (χ1n) is 8.38. The van der Waals surface area contributed by atoms with Crippen molar-refractivity contribution in [2.75, 3.05) is 34.2 Å². The summed E-state index contributed by atoms with van der Waals surface area (Å²) in [6.45, 7) is 6.82. The second-order valence-corrected chi connectivity index (χ2v) is 8.16. The maximum atomic E-state index is 6.31. The lowest BCUT2D eigenvalue weighted by Gasteiger charge is -2.59. The highest BCUT2D eigenvalue weighted by Crippen LogP contribution is 2.48. The van der Waals surface area contributed by atoms with E-state index in [1.54, 1.807) is 0 Å². The molecule has 2 aliphatic rings. The molecule has 2 N–H and O–H groups in total. The maximum Gasteiger partial charge on any atom is 0.0380 e. The first-order chi connectivity index (χ1) is 9.30. The van der Waals surface area contributed by atoms with E-state index in [2.05, 4.69) is 44.8 Å². The Morgan fingerprint density at radius 1 is 0.900 bits per heavy atom. The van der Waals surface area contributed by atoms with E-state index in [0.29, 0.717) is 11.0 Å². The third kappa shape index (κ3) is 2.42. The highest BCUT2D eigenvalue weighted by molar-refractivity contribution is 5.08. The molecular formula is C17H35N3. The number of likely N-dealkylation sites (N-methyl/N-ethyl adjacent to an activating group) is 2. The third-order valence-electron chi connectivity index (χ3n) is 6.73. The minimum atomic E-state index is 0.184. The molecule has 3 heteroatoms. The molecule has 2 aliphatic carbocycles. The van der Waals surface area contributed by atoms with Crippen molar-refractivity contribution in [2.24, 2.45) is 11.1 Å². The molecule has 118 valence electrons. The predicted octanol–water partition coefficient (Wildman–Crippen LogP) is 2.70. The largest absolute Gasteiger partial charge is 0.329 e. The Bertz CT molecular complexity index is 333. The minimum absolute atomic E-state index is 0.184. The number of nitrogens with two attached hydrogens (primary N) is 1. The van der Waals surface area contributed by atoms with Crippen LogP contribution in [-0.2, 0) is 0 Å². The third-order valence-corrected chi connectivity index (χ3v) is 6.73. The zero-order valence-electron chi connectivity index (χ0n) is 14.3. The van der Waals surface area contributed by atoms with Crippen LogP contribution in [0.5, 0.6) is 0 Å². The SMILES string of the molecule is CN(C)C1(CN(C)C2(CN)CCCCC2(C)C)CCC1. The monoisotopic (exact) mass is 281 g/mol. The number of hydrogen-bond acceptors (Lipinski definition) is 3. The molecule has 0 spiro atoms. The summed E-state index contributed by atoms with van der Waals surface area (Å²) in [5, 5.41) is 0. The van der Waals surface area contributed by atoms with Gasteiger partial charge in [-0.15, -0.1) is 0 Å². The molecule has 2 saturated carbocycles. The van der Waals surface area contributed by atoms with Crippen LogP contribution in [0.15, 0.2) is 0 Å². The predicted molar refractivity (Wildman–Crippen MR) is 86.9 cm³/mol. The van der Waals surface area contributed by atoms with Gasteiger partial charge in [0.15, 0.2) is 0 Å². The fourth-order valence-corrected chi connectivity index (χ4v) is 4.72. The molecule has 2 rings (SSSR count). The second kappa shape index (κ2) is 5.58. The van der Waals surface area contributed by atoms with Gasteiger partial charge in [0.25, 0.3) is 0 Å². The first kappa shape index (κ1) is 16.3. The van der Waals surface area contributed by atoms with Crippen molar-refractivity contribution in [2.45, 2.75) is 69.9 Å². The van der Waals surface area contributed by atoms with Crippen LogP contribution in [-0.4, -0.2) is 55.1 Å². The van der Waals surface area contributed by atoms with E-state index in [0.717, 1.165) is 6.54 Å². The van der Waals surface area contributed by atoms with Gasteiger partial charge in [0, 0.05) is 24.2 Å². The van der Waals surface area contributed by atoms with Crippen LogP contribution >= 0.6 is 0 Å². The summed E-state index contributed by atoms with van der Waals surface area (Å²) >= 11 is 0. The molecule has 0 aromatic rings. The highest BCUT2D eigenvalue weighted by atomic mass is 15.3. The molecular weight excluding hydrogens is 246 g/mol. The molecule has 20 heavy (non-hydrogen) atoms. The van der Waals surface area contributed by atoms with E-state index in [1.807, 2.05) is 0 Å². The molecule has 3 nitrogen and oxygen atoms in total. The fourth-order valence-electron chi connectivity index (χ4n) is 4.72. The van der Waals surface area contributed by atoms with Crippen LogP contribution in [0.3, 0.4) is 0 Å².